The van der Waals surface area contributed by atoms with Crippen LogP contribution in [0.4, 0.5) is 0 Å². The number of rotatable bonds is 5. The van der Waals surface area contributed by atoms with Crippen LogP contribution < -0.4 is 0 Å². The molecule has 0 heteroatoms. The van der Waals surface area contributed by atoms with Crippen molar-refractivity contribution in [2.45, 2.75) is 126 Å². The molecular weight excluding hydrogens is 264 g/mol. The van der Waals surface area contributed by atoms with Crippen LogP contribution in [-0.4, -0.2) is 0 Å². The van der Waals surface area contributed by atoms with Crippen LogP contribution in [0.3, 0.4) is 0 Å². The molecule has 0 N–H and O–H groups in total. The summed E-state index contributed by atoms with van der Waals surface area (Å²) >= 11 is 0. The molecule has 0 spiro atoms. The zero-order valence-electron chi connectivity index (χ0n) is 17.2. The highest BCUT2D eigenvalue weighted by molar-refractivity contribution is 4.69. The average Bonchev–Trinajstić information content (AvgIpc) is 2.39. The highest BCUT2D eigenvalue weighted by atomic mass is 14.2. The summed E-state index contributed by atoms with van der Waals surface area (Å²) in [6.45, 7) is 15.7. The fraction of sp³-hybridized carbons (Fsp3) is 1.00. The van der Waals surface area contributed by atoms with Crippen molar-refractivity contribution >= 4 is 0 Å². The summed E-state index contributed by atoms with van der Waals surface area (Å²) in [5.74, 6) is 2.92. The van der Waals surface area contributed by atoms with Gasteiger partial charge < -0.3 is 0 Å². The Kier molecular flexibility index (Phi) is 21.0. The van der Waals surface area contributed by atoms with Gasteiger partial charge >= 0.3 is 0 Å². The summed E-state index contributed by atoms with van der Waals surface area (Å²) in [5, 5.41) is 0. The first-order chi connectivity index (χ1) is 10.5. The molecule has 0 bridgehead atoms. The van der Waals surface area contributed by atoms with Crippen molar-refractivity contribution in [1.82, 2.24) is 0 Å². The minimum atomic E-state index is 0.893. The summed E-state index contributed by atoms with van der Waals surface area (Å²) < 4.78 is 0. The molecule has 0 heterocycles. The Bertz CT molecular complexity index is 172. The third-order valence-corrected chi connectivity index (χ3v) is 4.40. The molecule has 1 aliphatic rings. The normalized spacial score (nSPS) is 17.5. The topological polar surface area (TPSA) is 0 Å². The Morgan fingerprint density at radius 2 is 1.09 bits per heavy atom. The maximum atomic E-state index is 2.51. The van der Waals surface area contributed by atoms with Gasteiger partial charge in [0.05, 0.1) is 0 Å². The molecule has 1 rings (SSSR count). The Balaban J connectivity index is 0. The van der Waals surface area contributed by atoms with E-state index >= 15 is 0 Å². The molecule has 1 unspecified atom stereocenters. The molecule has 1 aliphatic carbocycles. The van der Waals surface area contributed by atoms with Crippen LogP contribution in [0.2, 0.25) is 0 Å². The van der Waals surface area contributed by atoms with Gasteiger partial charge in [-0.25, -0.2) is 0 Å². The highest BCUT2D eigenvalue weighted by Crippen LogP contribution is 2.31. The molecule has 0 saturated heterocycles. The smallest absolute Gasteiger partial charge is 0.0388 e. The van der Waals surface area contributed by atoms with Crippen molar-refractivity contribution in [2.75, 3.05) is 0 Å². The van der Waals surface area contributed by atoms with Gasteiger partial charge in [0.2, 0.25) is 0 Å². The fourth-order valence-corrected chi connectivity index (χ4v) is 3.14. The van der Waals surface area contributed by atoms with Gasteiger partial charge in [-0.1, -0.05) is 126 Å². The zero-order valence-corrected chi connectivity index (χ0v) is 17.2. The predicted molar refractivity (Wildman–Crippen MR) is 106 cm³/mol. The third-order valence-electron chi connectivity index (χ3n) is 4.40. The molecule has 0 aromatic heterocycles. The van der Waals surface area contributed by atoms with Crippen LogP contribution in [0.15, 0.2) is 0 Å². The molecule has 0 aromatic carbocycles. The maximum absolute atomic E-state index is 2.51. The van der Waals surface area contributed by atoms with E-state index < -0.39 is 0 Å². The highest BCUT2D eigenvalue weighted by Gasteiger charge is 2.17. The van der Waals surface area contributed by atoms with Gasteiger partial charge in [0.1, 0.15) is 0 Å². The molecule has 0 aliphatic heterocycles. The average molecular weight is 313 g/mol. The first-order valence-electron chi connectivity index (χ1n) is 10.5. The van der Waals surface area contributed by atoms with Gasteiger partial charge in [0.25, 0.3) is 0 Å². The fourth-order valence-electron chi connectivity index (χ4n) is 3.14. The maximum Gasteiger partial charge on any atom is -0.0388 e. The van der Waals surface area contributed by atoms with Crippen molar-refractivity contribution in [3.05, 3.63) is 0 Å². The van der Waals surface area contributed by atoms with E-state index in [2.05, 4.69) is 48.5 Å². The summed E-state index contributed by atoms with van der Waals surface area (Å²) in [4.78, 5) is 0. The monoisotopic (exact) mass is 312 g/mol. The van der Waals surface area contributed by atoms with Crippen LogP contribution in [0.1, 0.15) is 126 Å². The Hall–Kier alpha value is 0. The van der Waals surface area contributed by atoms with Gasteiger partial charge in [-0.2, -0.15) is 0 Å². The van der Waals surface area contributed by atoms with E-state index in [4.69, 9.17) is 0 Å². The van der Waals surface area contributed by atoms with Crippen molar-refractivity contribution in [3.8, 4) is 0 Å². The van der Waals surface area contributed by atoms with Crippen LogP contribution in [0, 0.1) is 17.8 Å². The molecule has 0 radical (unpaired) electrons. The second kappa shape index (κ2) is 19.0. The van der Waals surface area contributed by atoms with Crippen molar-refractivity contribution < 1.29 is 0 Å². The summed E-state index contributed by atoms with van der Waals surface area (Å²) in [7, 11) is 0. The number of hydrogen-bond acceptors (Lipinski definition) is 0. The lowest BCUT2D eigenvalue weighted by molar-refractivity contribution is 0.261. The van der Waals surface area contributed by atoms with E-state index in [0.29, 0.717) is 0 Å². The van der Waals surface area contributed by atoms with E-state index in [-0.39, 0.29) is 0 Å². The summed E-state index contributed by atoms with van der Waals surface area (Å²) in [6, 6.07) is 0. The van der Waals surface area contributed by atoms with E-state index in [0.717, 1.165) is 17.8 Å². The molecule has 22 heavy (non-hydrogen) atoms. The van der Waals surface area contributed by atoms with E-state index in [1.165, 1.54) is 77.0 Å². The van der Waals surface area contributed by atoms with Gasteiger partial charge in [-0.05, 0) is 17.8 Å². The van der Waals surface area contributed by atoms with Gasteiger partial charge in [0.15, 0.2) is 0 Å². The van der Waals surface area contributed by atoms with Crippen molar-refractivity contribution in [2.24, 2.45) is 17.8 Å². The summed E-state index contributed by atoms with van der Waals surface area (Å²) in [5.41, 5.74) is 0. The molecular formula is C22H48. The minimum absolute atomic E-state index is 0.893. The molecule has 1 fully saturated rings. The SMILES string of the molecule is CC(C)CCCC(C)C1CCCCCCC1.CCC.CCC. The zero-order chi connectivity index (χ0) is 17.2. The lowest BCUT2D eigenvalue weighted by Gasteiger charge is -2.26. The lowest BCUT2D eigenvalue weighted by Crippen LogP contribution is -2.13. The first kappa shape index (κ1) is 24.3. The molecule has 0 aromatic rings. The minimum Gasteiger partial charge on any atom is -0.0656 e. The van der Waals surface area contributed by atoms with E-state index in [9.17, 15) is 0 Å². The number of hydrogen-bond donors (Lipinski definition) is 0. The molecule has 0 amide bonds. The van der Waals surface area contributed by atoms with E-state index in [1.807, 2.05) is 0 Å². The van der Waals surface area contributed by atoms with Crippen LogP contribution >= 0.6 is 0 Å². The quantitative estimate of drug-likeness (QED) is 0.476. The van der Waals surface area contributed by atoms with Gasteiger partial charge in [0, 0.05) is 0 Å². The Labute approximate surface area is 143 Å². The van der Waals surface area contributed by atoms with Crippen molar-refractivity contribution in [3.63, 3.8) is 0 Å². The van der Waals surface area contributed by atoms with Gasteiger partial charge in [-0.15, -0.1) is 0 Å². The lowest BCUT2D eigenvalue weighted by atomic mass is 9.80. The molecule has 0 nitrogen and oxygen atoms in total. The van der Waals surface area contributed by atoms with Crippen LogP contribution in [0.5, 0.6) is 0 Å². The molecule has 1 saturated carbocycles. The summed E-state index contributed by atoms with van der Waals surface area (Å²) in [6.07, 6.45) is 17.4. The standard InChI is InChI=1S/C16H32.2C3H8/c1-14(2)10-9-11-15(3)16-12-7-5-4-6-8-13-16;2*1-3-2/h14-16H,4-13H2,1-3H3;2*3H2,1-2H3. The molecule has 136 valence electrons. The van der Waals surface area contributed by atoms with Crippen LogP contribution in [-0.2, 0) is 0 Å². The predicted octanol–water partition coefficient (Wildman–Crippen LogP) is 8.64. The van der Waals surface area contributed by atoms with Crippen LogP contribution in [0.25, 0.3) is 0 Å². The third kappa shape index (κ3) is 18.1. The Morgan fingerprint density at radius 1 is 0.682 bits per heavy atom. The second-order valence-corrected chi connectivity index (χ2v) is 7.82. The largest absolute Gasteiger partial charge is 0.0656 e. The molecule has 1 atom stereocenters. The second-order valence-electron chi connectivity index (χ2n) is 7.82. The van der Waals surface area contributed by atoms with E-state index in [1.54, 1.807) is 0 Å². The van der Waals surface area contributed by atoms with Gasteiger partial charge in [-0.3, -0.25) is 0 Å². The van der Waals surface area contributed by atoms with Crippen molar-refractivity contribution in [1.29, 1.82) is 0 Å². The first-order valence-corrected chi connectivity index (χ1v) is 10.5. The Morgan fingerprint density at radius 3 is 1.50 bits per heavy atom.